The second-order valence-electron chi connectivity index (χ2n) is 6.05. The van der Waals surface area contributed by atoms with Crippen LogP contribution in [0.25, 0.3) is 0 Å². The van der Waals surface area contributed by atoms with Gasteiger partial charge >= 0.3 is 0 Å². The third-order valence-corrected chi connectivity index (χ3v) is 4.16. The van der Waals surface area contributed by atoms with Crippen LogP contribution in [0, 0.1) is 13.8 Å². The molecular weight excluding hydrogens is 290 g/mol. The second-order valence-corrected chi connectivity index (χ2v) is 6.05. The van der Waals surface area contributed by atoms with Crippen molar-refractivity contribution in [3.63, 3.8) is 0 Å². The molecule has 122 valence electrons. The van der Waals surface area contributed by atoms with Gasteiger partial charge in [-0.2, -0.15) is 5.10 Å². The fourth-order valence-electron chi connectivity index (χ4n) is 2.96. The monoisotopic (exact) mass is 313 g/mol. The number of hydrogen-bond acceptors (Lipinski definition) is 3. The van der Waals surface area contributed by atoms with Gasteiger partial charge in [0.05, 0.1) is 5.69 Å². The van der Waals surface area contributed by atoms with E-state index in [0.29, 0.717) is 6.54 Å². The van der Waals surface area contributed by atoms with E-state index in [9.17, 15) is 4.79 Å². The number of fused-ring (bicyclic) bond motifs is 1. The molecule has 0 radical (unpaired) electrons. The number of rotatable bonds is 5. The fourth-order valence-corrected chi connectivity index (χ4v) is 2.96. The summed E-state index contributed by atoms with van der Waals surface area (Å²) >= 11 is 0. The summed E-state index contributed by atoms with van der Waals surface area (Å²) < 4.78 is 7.78. The molecule has 0 spiro atoms. The molecule has 5 heteroatoms. The number of benzene rings is 1. The summed E-state index contributed by atoms with van der Waals surface area (Å²) in [7, 11) is 0. The zero-order valence-electron chi connectivity index (χ0n) is 13.7. The third-order valence-electron chi connectivity index (χ3n) is 4.16. The lowest BCUT2D eigenvalue weighted by molar-refractivity contribution is -0.128. The maximum absolute atomic E-state index is 12.2. The normalized spacial score (nSPS) is 16.5. The average molecular weight is 313 g/mol. The first kappa shape index (κ1) is 15.6. The van der Waals surface area contributed by atoms with Gasteiger partial charge < -0.3 is 10.1 Å². The molecule has 5 nitrogen and oxygen atoms in total. The van der Waals surface area contributed by atoms with E-state index in [1.165, 1.54) is 5.56 Å². The number of carbonyl (C=O) groups excluding carboxylic acids is 1. The van der Waals surface area contributed by atoms with Crippen LogP contribution in [0.1, 0.15) is 29.8 Å². The predicted octanol–water partition coefficient (Wildman–Crippen LogP) is 2.40. The number of amides is 1. The van der Waals surface area contributed by atoms with Crippen molar-refractivity contribution in [2.45, 2.75) is 45.8 Å². The lowest BCUT2D eigenvalue weighted by Gasteiger charge is -2.25. The highest BCUT2D eigenvalue weighted by Crippen LogP contribution is 2.26. The van der Waals surface area contributed by atoms with Gasteiger partial charge in [-0.3, -0.25) is 9.48 Å². The molecule has 0 aliphatic carbocycles. The predicted molar refractivity (Wildman–Crippen MR) is 88.5 cm³/mol. The largest absolute Gasteiger partial charge is 0.480 e. The zero-order valence-corrected chi connectivity index (χ0v) is 13.7. The van der Waals surface area contributed by atoms with E-state index >= 15 is 0 Å². The number of nitrogens with zero attached hydrogens (tertiary/aromatic N) is 2. The van der Waals surface area contributed by atoms with Crippen LogP contribution in [0.2, 0.25) is 0 Å². The Balaban J connectivity index is 1.44. The molecule has 2 heterocycles. The van der Waals surface area contributed by atoms with E-state index in [2.05, 4.69) is 22.5 Å². The Morgan fingerprint density at radius 2 is 2.22 bits per heavy atom. The lowest BCUT2D eigenvalue weighted by Crippen LogP contribution is -2.40. The number of nitrogens with one attached hydrogen (secondary N) is 1. The van der Waals surface area contributed by atoms with Crippen LogP contribution >= 0.6 is 0 Å². The van der Waals surface area contributed by atoms with Gasteiger partial charge in [-0.05, 0) is 50.8 Å². The van der Waals surface area contributed by atoms with E-state index in [0.717, 1.165) is 42.9 Å². The Morgan fingerprint density at radius 3 is 3.00 bits per heavy atom. The van der Waals surface area contributed by atoms with Gasteiger partial charge in [0.25, 0.3) is 5.91 Å². The minimum atomic E-state index is -0.376. The summed E-state index contributed by atoms with van der Waals surface area (Å²) in [5.74, 6) is 0.814. The first-order valence-electron chi connectivity index (χ1n) is 8.17. The molecule has 1 unspecified atom stereocenters. The molecule has 2 aromatic rings. The van der Waals surface area contributed by atoms with Gasteiger partial charge in [0.2, 0.25) is 0 Å². The molecule has 0 fully saturated rings. The quantitative estimate of drug-likeness (QED) is 0.862. The van der Waals surface area contributed by atoms with Crippen LogP contribution in [0.4, 0.5) is 0 Å². The van der Waals surface area contributed by atoms with E-state index in [4.69, 9.17) is 4.74 Å². The Hall–Kier alpha value is -2.30. The van der Waals surface area contributed by atoms with Crippen LogP contribution in [-0.4, -0.2) is 28.3 Å². The Kier molecular flexibility index (Phi) is 4.65. The SMILES string of the molecule is Cc1cc(C)n(CCCNC(=O)C2CCc3ccccc3O2)n1. The molecule has 0 bridgehead atoms. The van der Waals surface area contributed by atoms with Crippen molar-refractivity contribution in [1.29, 1.82) is 0 Å². The van der Waals surface area contributed by atoms with Crippen molar-refractivity contribution < 1.29 is 9.53 Å². The first-order valence-corrected chi connectivity index (χ1v) is 8.17. The number of aromatic nitrogens is 2. The van der Waals surface area contributed by atoms with Gasteiger partial charge in [-0.1, -0.05) is 18.2 Å². The number of para-hydroxylation sites is 1. The molecule has 1 aliphatic heterocycles. The molecule has 1 aromatic heterocycles. The summed E-state index contributed by atoms with van der Waals surface area (Å²) in [6, 6.07) is 9.98. The van der Waals surface area contributed by atoms with Gasteiger partial charge in [-0.15, -0.1) is 0 Å². The van der Waals surface area contributed by atoms with Crippen molar-refractivity contribution in [2.75, 3.05) is 6.54 Å². The van der Waals surface area contributed by atoms with Crippen molar-refractivity contribution in [3.05, 3.63) is 47.3 Å². The zero-order chi connectivity index (χ0) is 16.2. The molecule has 1 aromatic carbocycles. The second kappa shape index (κ2) is 6.86. The van der Waals surface area contributed by atoms with Crippen LogP contribution in [0.3, 0.4) is 0 Å². The number of ether oxygens (including phenoxy) is 1. The van der Waals surface area contributed by atoms with Gasteiger partial charge in [0, 0.05) is 18.8 Å². The summed E-state index contributed by atoms with van der Waals surface area (Å²) in [5, 5.41) is 7.40. The Bertz CT molecular complexity index is 693. The maximum Gasteiger partial charge on any atom is 0.261 e. The van der Waals surface area contributed by atoms with E-state index in [1.54, 1.807) is 0 Å². The molecule has 1 N–H and O–H groups in total. The number of hydrogen-bond donors (Lipinski definition) is 1. The maximum atomic E-state index is 12.2. The van der Waals surface area contributed by atoms with Gasteiger partial charge in [0.1, 0.15) is 5.75 Å². The van der Waals surface area contributed by atoms with Crippen LogP contribution < -0.4 is 10.1 Å². The highest BCUT2D eigenvalue weighted by Gasteiger charge is 2.25. The third kappa shape index (κ3) is 3.73. The number of aryl methyl sites for hydroxylation is 4. The standard InChI is InChI=1S/C18H23N3O2/c1-13-12-14(2)21(20-13)11-5-10-19-18(22)17-9-8-15-6-3-4-7-16(15)23-17/h3-4,6-7,12,17H,5,8-11H2,1-2H3,(H,19,22). The van der Waals surface area contributed by atoms with Crippen molar-refractivity contribution >= 4 is 5.91 Å². The Labute approximate surface area is 136 Å². The molecular formula is C18H23N3O2. The van der Waals surface area contributed by atoms with Gasteiger partial charge in [-0.25, -0.2) is 0 Å². The summed E-state index contributed by atoms with van der Waals surface area (Å²) in [6.45, 7) is 5.49. The first-order chi connectivity index (χ1) is 11.1. The number of carbonyl (C=O) groups is 1. The molecule has 3 rings (SSSR count). The van der Waals surface area contributed by atoms with Gasteiger partial charge in [0.15, 0.2) is 6.10 Å². The highest BCUT2D eigenvalue weighted by atomic mass is 16.5. The van der Waals surface area contributed by atoms with Crippen molar-refractivity contribution in [2.24, 2.45) is 0 Å². The summed E-state index contributed by atoms with van der Waals surface area (Å²) in [4.78, 5) is 12.2. The van der Waals surface area contributed by atoms with Crippen LogP contribution in [0.15, 0.2) is 30.3 Å². The molecule has 1 aliphatic rings. The van der Waals surface area contributed by atoms with E-state index in [-0.39, 0.29) is 12.0 Å². The fraction of sp³-hybridized carbons (Fsp3) is 0.444. The van der Waals surface area contributed by atoms with Crippen LogP contribution in [0.5, 0.6) is 5.75 Å². The minimum Gasteiger partial charge on any atom is -0.480 e. The lowest BCUT2D eigenvalue weighted by atomic mass is 10.0. The van der Waals surface area contributed by atoms with Crippen molar-refractivity contribution in [3.8, 4) is 5.75 Å². The Morgan fingerprint density at radius 1 is 1.39 bits per heavy atom. The molecule has 23 heavy (non-hydrogen) atoms. The smallest absolute Gasteiger partial charge is 0.261 e. The van der Waals surface area contributed by atoms with E-state index < -0.39 is 0 Å². The molecule has 0 saturated carbocycles. The van der Waals surface area contributed by atoms with Crippen LogP contribution in [-0.2, 0) is 17.8 Å². The minimum absolute atomic E-state index is 0.0205. The molecule has 1 atom stereocenters. The summed E-state index contributed by atoms with van der Waals surface area (Å²) in [5.41, 5.74) is 3.36. The van der Waals surface area contributed by atoms with E-state index in [1.807, 2.05) is 36.7 Å². The average Bonchev–Trinajstić information content (AvgIpc) is 2.88. The topological polar surface area (TPSA) is 56.2 Å². The molecule has 1 amide bonds. The summed E-state index contributed by atoms with van der Waals surface area (Å²) in [6.07, 6.45) is 2.11. The molecule has 0 saturated heterocycles. The van der Waals surface area contributed by atoms with Crippen molar-refractivity contribution in [1.82, 2.24) is 15.1 Å². The highest BCUT2D eigenvalue weighted by molar-refractivity contribution is 5.81.